The zero-order valence-electron chi connectivity index (χ0n) is 19.6. The first-order chi connectivity index (χ1) is 18.0. The van der Waals surface area contributed by atoms with Crippen molar-refractivity contribution in [2.45, 2.75) is 24.8 Å². The number of halogens is 3. The third-order valence-electron chi connectivity index (χ3n) is 6.08. The minimum Gasteiger partial charge on any atom is -0.380 e. The molecule has 1 fully saturated rings. The molecule has 2 atom stereocenters. The molecule has 12 nitrogen and oxygen atoms in total. The second-order valence-electron chi connectivity index (χ2n) is 8.60. The maximum absolute atomic E-state index is 13.4. The molecule has 3 aromatic heterocycles. The van der Waals surface area contributed by atoms with Crippen molar-refractivity contribution < 1.29 is 37.1 Å². The lowest BCUT2D eigenvalue weighted by molar-refractivity contribution is -0.170. The minimum atomic E-state index is -4.58. The van der Waals surface area contributed by atoms with Gasteiger partial charge < -0.3 is 25.4 Å². The van der Waals surface area contributed by atoms with E-state index in [1.165, 1.54) is 47.0 Å². The fourth-order valence-corrected chi connectivity index (χ4v) is 3.98. The number of rotatable bonds is 5. The number of benzene rings is 1. The first-order valence-corrected chi connectivity index (χ1v) is 11.2. The third kappa shape index (κ3) is 4.41. The number of nitrogens with zero attached hydrogens (tertiary/aromatic N) is 5. The number of carbonyl (C=O) groups excluding carboxylic acids is 2. The number of alkyl halides is 3. The van der Waals surface area contributed by atoms with Gasteiger partial charge in [-0.2, -0.15) is 13.2 Å². The quantitative estimate of drug-likeness (QED) is 0.350. The van der Waals surface area contributed by atoms with Gasteiger partial charge in [0.1, 0.15) is 5.69 Å². The second-order valence-corrected chi connectivity index (χ2v) is 8.60. The van der Waals surface area contributed by atoms with Gasteiger partial charge in [0, 0.05) is 24.0 Å². The van der Waals surface area contributed by atoms with E-state index in [0.717, 1.165) is 12.3 Å². The van der Waals surface area contributed by atoms with Crippen LogP contribution in [0, 0.1) is 0 Å². The lowest BCUT2D eigenvalue weighted by Gasteiger charge is -2.40. The van der Waals surface area contributed by atoms with Crippen molar-refractivity contribution in [3.63, 3.8) is 0 Å². The number of anilines is 3. The summed E-state index contributed by atoms with van der Waals surface area (Å²) < 4.78 is 50.2. The van der Waals surface area contributed by atoms with E-state index in [-0.39, 0.29) is 36.2 Å². The number of fused-ring (bicyclic) bond motifs is 1. The molecule has 1 saturated heterocycles. The Bertz CT molecular complexity index is 1520. The van der Waals surface area contributed by atoms with E-state index in [1.54, 1.807) is 6.07 Å². The van der Waals surface area contributed by atoms with Crippen molar-refractivity contribution >= 4 is 40.1 Å². The zero-order chi connectivity index (χ0) is 27.2. The summed E-state index contributed by atoms with van der Waals surface area (Å²) in [6, 6.07) is 8.04. The number of aromatic nitrogens is 4. The Hall–Kier alpha value is -4.50. The van der Waals surface area contributed by atoms with Crippen LogP contribution in [0.3, 0.4) is 0 Å². The Labute approximate surface area is 211 Å². The largest absolute Gasteiger partial charge is 0.433 e. The van der Waals surface area contributed by atoms with Crippen LogP contribution in [0.2, 0.25) is 0 Å². The molecule has 5 rings (SSSR count). The zero-order valence-corrected chi connectivity index (χ0v) is 19.6. The van der Waals surface area contributed by atoms with Gasteiger partial charge in [-0.15, -0.1) is 5.10 Å². The Kier molecular flexibility index (Phi) is 6.03. The molecule has 0 spiro atoms. The van der Waals surface area contributed by atoms with Gasteiger partial charge in [0.15, 0.2) is 28.9 Å². The predicted molar refractivity (Wildman–Crippen MR) is 126 cm³/mol. The number of hydrogen-bond donors (Lipinski definition) is 3. The van der Waals surface area contributed by atoms with Crippen molar-refractivity contribution in [2.75, 3.05) is 29.1 Å². The van der Waals surface area contributed by atoms with Gasteiger partial charge in [-0.25, -0.2) is 9.67 Å². The van der Waals surface area contributed by atoms with E-state index in [0.29, 0.717) is 11.0 Å². The monoisotopic (exact) mass is 531 g/mol. The van der Waals surface area contributed by atoms with Crippen LogP contribution in [-0.4, -0.2) is 61.7 Å². The topological polar surface area (TPSA) is 162 Å². The van der Waals surface area contributed by atoms with Crippen LogP contribution >= 0.6 is 0 Å². The van der Waals surface area contributed by atoms with E-state index in [4.69, 9.17) is 15.0 Å². The number of ether oxygens (including phenoxy) is 1. The van der Waals surface area contributed by atoms with Gasteiger partial charge in [-0.1, -0.05) is 5.16 Å². The maximum Gasteiger partial charge on any atom is 0.433 e. The molecule has 1 aliphatic heterocycles. The van der Waals surface area contributed by atoms with Crippen molar-refractivity contribution in [3.8, 4) is 5.69 Å². The summed E-state index contributed by atoms with van der Waals surface area (Å²) in [6.07, 6.45) is -4.05. The highest BCUT2D eigenvalue weighted by molar-refractivity contribution is 6.06. The second kappa shape index (κ2) is 9.11. The van der Waals surface area contributed by atoms with Gasteiger partial charge in [0.2, 0.25) is 0 Å². The molecule has 15 heteroatoms. The smallest absolute Gasteiger partial charge is 0.380 e. The Morgan fingerprint density at radius 1 is 1.26 bits per heavy atom. The van der Waals surface area contributed by atoms with Gasteiger partial charge >= 0.3 is 6.18 Å². The van der Waals surface area contributed by atoms with Crippen molar-refractivity contribution in [2.24, 2.45) is 0 Å². The molecule has 38 heavy (non-hydrogen) atoms. The highest BCUT2D eigenvalue weighted by Gasteiger charge is 2.51. The third-order valence-corrected chi connectivity index (χ3v) is 6.08. The summed E-state index contributed by atoms with van der Waals surface area (Å²) in [5.74, 6) is -1.31. The highest BCUT2D eigenvalue weighted by atomic mass is 19.4. The lowest BCUT2D eigenvalue weighted by atomic mass is 9.94. The summed E-state index contributed by atoms with van der Waals surface area (Å²) >= 11 is 0. The molecule has 1 unspecified atom stereocenters. The summed E-state index contributed by atoms with van der Waals surface area (Å²) in [4.78, 5) is 30.8. The molecular formula is C23H20F3N7O5. The number of nitrogens with two attached hydrogens (primary N) is 1. The highest BCUT2D eigenvalue weighted by Crippen LogP contribution is 2.30. The van der Waals surface area contributed by atoms with E-state index in [2.05, 4.69) is 20.6 Å². The van der Waals surface area contributed by atoms with Crippen molar-refractivity contribution in [3.05, 3.63) is 54.5 Å². The molecule has 4 heterocycles. The van der Waals surface area contributed by atoms with Crippen LogP contribution in [0.4, 0.5) is 30.5 Å². The Balaban J connectivity index is 1.32. The number of carbonyl (C=O) groups is 2. The number of hydrogen-bond acceptors (Lipinski definition) is 9. The summed E-state index contributed by atoms with van der Waals surface area (Å²) in [5, 5.41) is 21.8. The van der Waals surface area contributed by atoms with Gasteiger partial charge in [0.05, 0.1) is 30.4 Å². The first-order valence-electron chi connectivity index (χ1n) is 11.2. The number of nitrogen functional groups attached to an aromatic ring is 1. The van der Waals surface area contributed by atoms with Gasteiger partial charge in [-0.05, 0) is 31.2 Å². The van der Waals surface area contributed by atoms with E-state index in [1.807, 2.05) is 0 Å². The molecular weight excluding hydrogens is 511 g/mol. The van der Waals surface area contributed by atoms with Crippen LogP contribution < -0.4 is 16.0 Å². The Morgan fingerprint density at radius 2 is 2.05 bits per heavy atom. The molecule has 198 valence electrons. The number of amides is 2. The van der Waals surface area contributed by atoms with Gasteiger partial charge in [-0.3, -0.25) is 14.5 Å². The van der Waals surface area contributed by atoms with Crippen molar-refractivity contribution in [1.82, 2.24) is 19.9 Å². The molecule has 1 aliphatic rings. The molecule has 0 radical (unpaired) electrons. The fourth-order valence-electron chi connectivity index (χ4n) is 3.98. The fraction of sp³-hybridized carbons (Fsp3) is 0.261. The van der Waals surface area contributed by atoms with Crippen molar-refractivity contribution in [1.29, 1.82) is 0 Å². The maximum atomic E-state index is 13.4. The first kappa shape index (κ1) is 25.2. The summed E-state index contributed by atoms with van der Waals surface area (Å²) in [5.41, 5.74) is 3.49. The molecule has 2 amide bonds. The number of morpholine rings is 1. The van der Waals surface area contributed by atoms with Crippen LogP contribution in [-0.2, 0) is 20.5 Å². The molecule has 1 aromatic carbocycles. The molecule has 0 saturated carbocycles. The average Bonchev–Trinajstić information content (AvgIpc) is 3.52. The molecule has 4 N–H and O–H groups in total. The minimum absolute atomic E-state index is 0.0232. The average molecular weight is 531 g/mol. The number of nitrogens with one attached hydrogen (secondary N) is 1. The SMILES string of the molecule is C[C@]1(C(O)C(=O)Nc2ccc3c(N)noc3c2)OCCN(c2ccn(-c3ccc(C(F)(F)F)nc3)n2)C1=O. The summed E-state index contributed by atoms with van der Waals surface area (Å²) in [7, 11) is 0. The number of aliphatic hydroxyl groups excluding tert-OH is 1. The lowest BCUT2D eigenvalue weighted by Crippen LogP contribution is -2.63. The normalized spacial score (nSPS) is 19.1. The molecule has 0 bridgehead atoms. The van der Waals surface area contributed by atoms with Crippen LogP contribution in [0.15, 0.2) is 53.3 Å². The van der Waals surface area contributed by atoms with E-state index in [9.17, 15) is 27.9 Å². The number of pyridine rings is 1. The molecule has 4 aromatic rings. The molecule has 0 aliphatic carbocycles. The van der Waals surface area contributed by atoms with Gasteiger partial charge in [0.25, 0.3) is 11.8 Å². The van der Waals surface area contributed by atoms with E-state index < -0.39 is 35.4 Å². The summed E-state index contributed by atoms with van der Waals surface area (Å²) in [6.45, 7) is 1.32. The predicted octanol–water partition coefficient (Wildman–Crippen LogP) is 2.13. The van der Waals surface area contributed by atoms with E-state index >= 15 is 0 Å². The van der Waals surface area contributed by atoms with Crippen LogP contribution in [0.25, 0.3) is 16.7 Å². The Morgan fingerprint density at radius 3 is 2.76 bits per heavy atom. The van der Waals surface area contributed by atoms with Crippen LogP contribution in [0.1, 0.15) is 12.6 Å². The number of aliphatic hydroxyl groups is 1. The standard InChI is InChI=1S/C23H20F3N7O5/c1-22(18(34)20(35)29-12-2-4-14-15(10-12)38-31-19(14)27)21(36)32(8-9-37-22)17-6-7-33(30-17)13-3-5-16(28-11-13)23(24,25)26/h2-7,10-11,18,34H,8-9H2,1H3,(H2,27,31)(H,29,35)/t18?,22-/m1/s1. The van der Waals surface area contributed by atoms with Crippen LogP contribution in [0.5, 0.6) is 0 Å².